The second kappa shape index (κ2) is 3.22. The Bertz CT molecular complexity index is 187. The van der Waals surface area contributed by atoms with Crippen molar-refractivity contribution >= 4 is 0 Å². The fourth-order valence-corrected chi connectivity index (χ4v) is 0.804. The van der Waals surface area contributed by atoms with Crippen molar-refractivity contribution in [1.82, 2.24) is 0 Å². The van der Waals surface area contributed by atoms with Gasteiger partial charge in [0.25, 0.3) is 0 Å². The summed E-state index contributed by atoms with van der Waals surface area (Å²) in [4.78, 5) is 0. The van der Waals surface area contributed by atoms with Gasteiger partial charge in [-0.3, -0.25) is 0 Å². The number of nitrogens with two attached hydrogens (primary N) is 1. The summed E-state index contributed by atoms with van der Waals surface area (Å²) in [7, 11) is 1.63. The lowest BCUT2D eigenvalue weighted by molar-refractivity contribution is 0.412. The molecule has 10 heavy (non-hydrogen) atoms. The molecule has 0 bridgehead atoms. The molecule has 0 aliphatic heterocycles. The van der Waals surface area contributed by atoms with E-state index in [0.717, 1.165) is 11.3 Å². The van der Waals surface area contributed by atoms with E-state index in [1.807, 2.05) is 24.3 Å². The fourth-order valence-electron chi connectivity index (χ4n) is 0.804. The van der Waals surface area contributed by atoms with E-state index in [2.05, 4.69) is 0 Å². The molecular formula is C8H10NO. The van der Waals surface area contributed by atoms with Gasteiger partial charge in [-0.25, -0.2) is 0 Å². The first-order valence-electron chi connectivity index (χ1n) is 3.06. The van der Waals surface area contributed by atoms with Gasteiger partial charge in [0, 0.05) is 5.56 Å². The normalized spacial score (nSPS) is 9.40. The lowest BCUT2D eigenvalue weighted by atomic mass is 10.2. The minimum absolute atomic E-state index is 0.810. The van der Waals surface area contributed by atoms with Gasteiger partial charge in [0.15, 0.2) is 0 Å². The third kappa shape index (κ3) is 1.28. The van der Waals surface area contributed by atoms with E-state index < -0.39 is 0 Å². The summed E-state index contributed by atoms with van der Waals surface area (Å²) in [6.45, 7) is 1.53. The highest BCUT2D eigenvalue weighted by Crippen LogP contribution is 2.16. The highest BCUT2D eigenvalue weighted by molar-refractivity contribution is 5.37. The van der Waals surface area contributed by atoms with Crippen LogP contribution in [0.3, 0.4) is 0 Å². The highest BCUT2D eigenvalue weighted by atomic mass is 16.5. The Kier molecular flexibility index (Phi) is 2.29. The van der Waals surface area contributed by atoms with Crippen LogP contribution >= 0.6 is 0 Å². The quantitative estimate of drug-likeness (QED) is 0.662. The Labute approximate surface area is 60.6 Å². The van der Waals surface area contributed by atoms with Gasteiger partial charge in [0.2, 0.25) is 0 Å². The molecular weight excluding hydrogens is 126 g/mol. The maximum absolute atomic E-state index is 5.32. The van der Waals surface area contributed by atoms with E-state index in [4.69, 9.17) is 10.5 Å². The third-order valence-electron chi connectivity index (χ3n) is 1.32. The third-order valence-corrected chi connectivity index (χ3v) is 1.32. The molecule has 2 nitrogen and oxygen atoms in total. The zero-order valence-corrected chi connectivity index (χ0v) is 5.87. The zero-order chi connectivity index (χ0) is 7.40. The second-order valence-electron chi connectivity index (χ2n) is 1.91. The maximum atomic E-state index is 5.32. The summed E-state index contributed by atoms with van der Waals surface area (Å²) in [5.41, 5.74) is 6.24. The Hall–Kier alpha value is -1.02. The van der Waals surface area contributed by atoms with Crippen LogP contribution in [0, 0.1) is 6.54 Å². The lowest BCUT2D eigenvalue weighted by Crippen LogP contribution is -1.95. The summed E-state index contributed by atoms with van der Waals surface area (Å²) >= 11 is 0. The van der Waals surface area contributed by atoms with E-state index in [1.165, 1.54) is 6.54 Å². The van der Waals surface area contributed by atoms with Gasteiger partial charge < -0.3 is 10.5 Å². The molecule has 1 radical (unpaired) electrons. The van der Waals surface area contributed by atoms with Crippen LogP contribution in [-0.2, 0) is 0 Å². The molecule has 1 rings (SSSR count). The topological polar surface area (TPSA) is 35.2 Å². The summed E-state index contributed by atoms with van der Waals surface area (Å²) in [6.07, 6.45) is 0. The molecule has 0 aliphatic rings. The van der Waals surface area contributed by atoms with Crippen molar-refractivity contribution in [1.29, 1.82) is 0 Å². The molecule has 0 saturated carbocycles. The van der Waals surface area contributed by atoms with Crippen molar-refractivity contribution in [2.75, 3.05) is 7.11 Å². The van der Waals surface area contributed by atoms with E-state index >= 15 is 0 Å². The van der Waals surface area contributed by atoms with Gasteiger partial charge in [0.05, 0.1) is 13.7 Å². The van der Waals surface area contributed by atoms with Gasteiger partial charge in [0.1, 0.15) is 5.75 Å². The van der Waals surface area contributed by atoms with Crippen LogP contribution < -0.4 is 10.5 Å². The number of hydrogen-bond acceptors (Lipinski definition) is 2. The van der Waals surface area contributed by atoms with Crippen molar-refractivity contribution in [2.45, 2.75) is 0 Å². The van der Waals surface area contributed by atoms with Gasteiger partial charge in [-0.1, -0.05) is 18.2 Å². The largest absolute Gasteiger partial charge is 0.496 e. The summed E-state index contributed by atoms with van der Waals surface area (Å²) in [6, 6.07) is 7.60. The van der Waals surface area contributed by atoms with Crippen molar-refractivity contribution in [3.63, 3.8) is 0 Å². The van der Waals surface area contributed by atoms with Crippen LogP contribution in [0.2, 0.25) is 0 Å². The maximum Gasteiger partial charge on any atom is 0.123 e. The van der Waals surface area contributed by atoms with Gasteiger partial charge in [-0.2, -0.15) is 0 Å². The lowest BCUT2D eigenvalue weighted by Gasteiger charge is -2.03. The molecule has 0 heterocycles. The number of para-hydroxylation sites is 1. The molecule has 2 heteroatoms. The van der Waals surface area contributed by atoms with Gasteiger partial charge >= 0.3 is 0 Å². The Balaban J connectivity index is 2.96. The molecule has 0 saturated heterocycles. The number of methoxy groups -OCH3 is 1. The van der Waals surface area contributed by atoms with E-state index in [9.17, 15) is 0 Å². The van der Waals surface area contributed by atoms with Crippen LogP contribution in [0.5, 0.6) is 5.75 Å². The smallest absolute Gasteiger partial charge is 0.123 e. The number of rotatable bonds is 2. The SMILES string of the molecule is COc1ccccc1[CH]N. The van der Waals surface area contributed by atoms with Crippen LogP contribution in [0.15, 0.2) is 24.3 Å². The van der Waals surface area contributed by atoms with Gasteiger partial charge in [-0.15, -0.1) is 0 Å². The molecule has 0 unspecified atom stereocenters. The van der Waals surface area contributed by atoms with Crippen LogP contribution in [0.25, 0.3) is 0 Å². The first-order valence-corrected chi connectivity index (χ1v) is 3.06. The summed E-state index contributed by atoms with van der Waals surface area (Å²) in [5.74, 6) is 0.810. The van der Waals surface area contributed by atoms with Gasteiger partial charge in [-0.05, 0) is 6.07 Å². The predicted octanol–water partition coefficient (Wildman–Crippen LogP) is 1.16. The molecule has 2 N–H and O–H groups in total. The van der Waals surface area contributed by atoms with E-state index in [1.54, 1.807) is 7.11 Å². The molecule has 1 aromatic carbocycles. The van der Waals surface area contributed by atoms with Crippen LogP contribution in [0.1, 0.15) is 5.56 Å². The molecule has 1 aromatic rings. The average Bonchev–Trinajstić information content (AvgIpc) is 2.04. The zero-order valence-electron chi connectivity index (χ0n) is 5.87. The molecule has 0 aromatic heterocycles. The van der Waals surface area contributed by atoms with E-state index in [0.29, 0.717) is 0 Å². The van der Waals surface area contributed by atoms with Crippen molar-refractivity contribution in [3.05, 3.63) is 36.4 Å². The summed E-state index contributed by atoms with van der Waals surface area (Å²) in [5, 5.41) is 0. The Morgan fingerprint density at radius 2 is 2.10 bits per heavy atom. The first kappa shape index (κ1) is 7.09. The molecule has 53 valence electrons. The molecule has 0 amide bonds. The fraction of sp³-hybridized carbons (Fsp3) is 0.125. The standard InChI is InChI=1S/C8H10NO/c1-10-8-5-3-2-4-7(8)6-9/h2-6H,9H2,1H3. The summed E-state index contributed by atoms with van der Waals surface area (Å²) < 4.78 is 5.02. The molecule has 0 aliphatic carbocycles. The van der Waals surface area contributed by atoms with Crippen molar-refractivity contribution in [3.8, 4) is 5.75 Å². The second-order valence-corrected chi connectivity index (χ2v) is 1.91. The number of hydrogen-bond donors (Lipinski definition) is 1. The minimum atomic E-state index is 0.810. The minimum Gasteiger partial charge on any atom is -0.496 e. The van der Waals surface area contributed by atoms with Crippen molar-refractivity contribution < 1.29 is 4.74 Å². The number of benzene rings is 1. The van der Waals surface area contributed by atoms with Crippen LogP contribution in [0.4, 0.5) is 0 Å². The monoisotopic (exact) mass is 136 g/mol. The Morgan fingerprint density at radius 3 is 2.60 bits per heavy atom. The molecule has 0 atom stereocenters. The highest BCUT2D eigenvalue weighted by Gasteiger charge is 1.96. The Morgan fingerprint density at radius 1 is 1.40 bits per heavy atom. The average molecular weight is 136 g/mol. The van der Waals surface area contributed by atoms with Crippen molar-refractivity contribution in [2.24, 2.45) is 5.73 Å². The van der Waals surface area contributed by atoms with E-state index in [-0.39, 0.29) is 0 Å². The molecule has 0 fully saturated rings. The first-order chi connectivity index (χ1) is 4.88. The van der Waals surface area contributed by atoms with Crippen LogP contribution in [-0.4, -0.2) is 7.11 Å². The number of ether oxygens (including phenoxy) is 1. The molecule has 0 spiro atoms. The predicted molar refractivity (Wildman–Crippen MR) is 40.6 cm³/mol.